The Kier molecular flexibility index (Phi) is 5.33. The summed E-state index contributed by atoms with van der Waals surface area (Å²) >= 11 is 2.25. The van der Waals surface area contributed by atoms with Crippen molar-refractivity contribution >= 4 is 28.4 Å². The number of Topliss-reactive ketones (excluding diaryl/α,β-unsaturated/α-hetero) is 1. The first-order valence-corrected chi connectivity index (χ1v) is 8.78. The number of ketones is 1. The third kappa shape index (κ3) is 3.99. The molecule has 0 heterocycles. The molecule has 2 nitrogen and oxygen atoms in total. The van der Waals surface area contributed by atoms with Gasteiger partial charge in [0.2, 0.25) is 0 Å². The van der Waals surface area contributed by atoms with Gasteiger partial charge in [0.25, 0.3) is 0 Å². The molecule has 1 saturated carbocycles. The third-order valence-electron chi connectivity index (χ3n) is 4.75. The van der Waals surface area contributed by atoms with Crippen LogP contribution in [-0.4, -0.2) is 12.9 Å². The molecule has 1 aromatic rings. The molecular formula is C18H25IO2. The van der Waals surface area contributed by atoms with Crippen molar-refractivity contribution < 1.29 is 9.53 Å². The largest absolute Gasteiger partial charge is 0.496 e. The van der Waals surface area contributed by atoms with Crippen LogP contribution in [0.2, 0.25) is 0 Å². The van der Waals surface area contributed by atoms with Gasteiger partial charge in [-0.2, -0.15) is 0 Å². The summed E-state index contributed by atoms with van der Waals surface area (Å²) in [6.07, 6.45) is 4.34. The number of hydrogen-bond acceptors (Lipinski definition) is 2. The van der Waals surface area contributed by atoms with E-state index in [4.69, 9.17) is 4.74 Å². The normalized spacial score (nSPS) is 22.9. The van der Waals surface area contributed by atoms with Crippen molar-refractivity contribution in [2.75, 3.05) is 7.11 Å². The van der Waals surface area contributed by atoms with Crippen LogP contribution in [0, 0.1) is 20.8 Å². The average Bonchev–Trinajstić information content (AvgIpc) is 2.45. The summed E-state index contributed by atoms with van der Waals surface area (Å²) < 4.78 is 6.45. The van der Waals surface area contributed by atoms with Gasteiger partial charge in [-0.05, 0) is 77.8 Å². The number of carbonyl (C=O) groups is 1. The number of ether oxygens (including phenoxy) is 1. The van der Waals surface area contributed by atoms with Crippen molar-refractivity contribution in [3.05, 3.63) is 27.3 Å². The van der Waals surface area contributed by atoms with E-state index < -0.39 is 0 Å². The van der Waals surface area contributed by atoms with Crippen molar-refractivity contribution in [1.29, 1.82) is 0 Å². The smallest absolute Gasteiger partial charge is 0.169 e. The molecular weight excluding hydrogens is 375 g/mol. The zero-order valence-corrected chi connectivity index (χ0v) is 15.6. The van der Waals surface area contributed by atoms with E-state index in [1.54, 1.807) is 7.11 Å². The van der Waals surface area contributed by atoms with E-state index in [1.165, 1.54) is 0 Å². The lowest BCUT2D eigenvalue weighted by Crippen LogP contribution is -2.29. The molecule has 0 spiro atoms. The van der Waals surface area contributed by atoms with Crippen LogP contribution in [0.25, 0.3) is 0 Å². The van der Waals surface area contributed by atoms with Crippen molar-refractivity contribution in [3.63, 3.8) is 0 Å². The first kappa shape index (κ1) is 16.8. The van der Waals surface area contributed by atoms with Gasteiger partial charge >= 0.3 is 0 Å². The second kappa shape index (κ2) is 6.67. The molecule has 116 valence electrons. The van der Waals surface area contributed by atoms with Gasteiger partial charge in [-0.15, -0.1) is 0 Å². The number of methoxy groups -OCH3 is 1. The molecule has 2 rings (SSSR count). The maximum absolute atomic E-state index is 12.8. The molecule has 0 unspecified atom stereocenters. The van der Waals surface area contributed by atoms with E-state index in [0.717, 1.165) is 40.7 Å². The number of hydrogen-bond donors (Lipinski definition) is 0. The molecule has 0 aliphatic heterocycles. The molecule has 0 N–H and O–H groups in total. The summed E-state index contributed by atoms with van der Waals surface area (Å²) in [5.74, 6) is 1.87. The Hall–Kier alpha value is -0.580. The minimum Gasteiger partial charge on any atom is -0.496 e. The molecule has 0 bridgehead atoms. The van der Waals surface area contributed by atoms with Crippen LogP contribution < -0.4 is 4.74 Å². The van der Waals surface area contributed by atoms with Crippen molar-refractivity contribution in [2.45, 2.75) is 46.5 Å². The van der Waals surface area contributed by atoms with E-state index in [1.807, 2.05) is 18.2 Å². The summed E-state index contributed by atoms with van der Waals surface area (Å²) in [4.78, 5) is 12.8. The Morgan fingerprint density at radius 1 is 1.19 bits per heavy atom. The lowest BCUT2D eigenvalue weighted by atomic mass is 9.68. The molecule has 1 aromatic carbocycles. The summed E-state index contributed by atoms with van der Waals surface area (Å²) in [7, 11) is 1.63. The second-order valence-corrected chi connectivity index (χ2v) is 8.37. The van der Waals surface area contributed by atoms with Gasteiger partial charge in [0.05, 0.1) is 12.7 Å². The Bertz CT molecular complexity index is 508. The minimum absolute atomic E-state index is 0.163. The molecule has 1 fully saturated rings. The van der Waals surface area contributed by atoms with E-state index >= 15 is 0 Å². The predicted molar refractivity (Wildman–Crippen MR) is 94.9 cm³/mol. The maximum Gasteiger partial charge on any atom is 0.169 e. The van der Waals surface area contributed by atoms with Crippen LogP contribution >= 0.6 is 22.6 Å². The Balaban J connectivity index is 2.11. The van der Waals surface area contributed by atoms with Crippen LogP contribution in [-0.2, 0) is 0 Å². The summed E-state index contributed by atoms with van der Waals surface area (Å²) in [5.41, 5.74) is 1.11. The Morgan fingerprint density at radius 3 is 2.33 bits per heavy atom. The van der Waals surface area contributed by atoms with Crippen LogP contribution in [0.5, 0.6) is 5.75 Å². The van der Waals surface area contributed by atoms with E-state index in [0.29, 0.717) is 11.2 Å². The monoisotopic (exact) mass is 400 g/mol. The lowest BCUT2D eigenvalue weighted by Gasteiger charge is -2.36. The first-order chi connectivity index (χ1) is 9.82. The van der Waals surface area contributed by atoms with Gasteiger partial charge < -0.3 is 4.74 Å². The highest BCUT2D eigenvalue weighted by molar-refractivity contribution is 14.1. The van der Waals surface area contributed by atoms with Gasteiger partial charge in [-0.3, -0.25) is 4.79 Å². The number of rotatable bonds is 3. The maximum atomic E-state index is 12.8. The lowest BCUT2D eigenvalue weighted by molar-refractivity contribution is 0.0816. The number of halogens is 1. The van der Waals surface area contributed by atoms with E-state index in [2.05, 4.69) is 43.4 Å². The molecule has 1 aliphatic rings. The summed E-state index contributed by atoms with van der Waals surface area (Å²) in [5, 5.41) is 0. The van der Waals surface area contributed by atoms with Crippen LogP contribution in [0.3, 0.4) is 0 Å². The summed E-state index contributed by atoms with van der Waals surface area (Å²) in [6.45, 7) is 6.92. The fraction of sp³-hybridized carbons (Fsp3) is 0.611. The predicted octanol–water partition coefficient (Wildman–Crippen LogP) is 5.34. The van der Waals surface area contributed by atoms with Crippen molar-refractivity contribution in [3.8, 4) is 5.75 Å². The van der Waals surface area contributed by atoms with Crippen molar-refractivity contribution in [1.82, 2.24) is 0 Å². The molecule has 0 atom stereocenters. The fourth-order valence-corrected chi connectivity index (χ4v) is 3.81. The highest BCUT2D eigenvalue weighted by atomic mass is 127. The molecule has 0 radical (unpaired) electrons. The molecule has 0 amide bonds. The van der Waals surface area contributed by atoms with Gasteiger partial charge in [0, 0.05) is 9.49 Å². The quantitative estimate of drug-likeness (QED) is 0.506. The molecule has 1 aliphatic carbocycles. The van der Waals surface area contributed by atoms with Crippen molar-refractivity contribution in [2.24, 2.45) is 17.3 Å². The van der Waals surface area contributed by atoms with E-state index in [-0.39, 0.29) is 11.7 Å². The van der Waals surface area contributed by atoms with Crippen LogP contribution in [0.1, 0.15) is 56.8 Å². The highest BCUT2D eigenvalue weighted by Crippen LogP contribution is 2.41. The van der Waals surface area contributed by atoms with Crippen LogP contribution in [0.15, 0.2) is 18.2 Å². The topological polar surface area (TPSA) is 26.3 Å². The number of carbonyl (C=O) groups excluding carboxylic acids is 1. The Morgan fingerprint density at radius 2 is 1.81 bits per heavy atom. The van der Waals surface area contributed by atoms with Gasteiger partial charge in [0.1, 0.15) is 5.75 Å². The minimum atomic E-state index is 0.163. The molecule has 0 saturated heterocycles. The van der Waals surface area contributed by atoms with Crippen LogP contribution in [0.4, 0.5) is 0 Å². The molecule has 21 heavy (non-hydrogen) atoms. The zero-order valence-electron chi connectivity index (χ0n) is 13.4. The van der Waals surface area contributed by atoms with E-state index in [9.17, 15) is 4.79 Å². The number of benzene rings is 1. The van der Waals surface area contributed by atoms with Gasteiger partial charge in [0.15, 0.2) is 5.78 Å². The molecule has 0 aromatic heterocycles. The van der Waals surface area contributed by atoms with Gasteiger partial charge in [-0.1, -0.05) is 20.8 Å². The highest BCUT2D eigenvalue weighted by Gasteiger charge is 2.33. The molecule has 3 heteroatoms. The summed E-state index contributed by atoms with van der Waals surface area (Å²) in [6, 6.07) is 5.83. The third-order valence-corrected chi connectivity index (χ3v) is 5.42. The second-order valence-electron chi connectivity index (χ2n) is 7.12. The zero-order chi connectivity index (χ0) is 15.6. The SMILES string of the molecule is COc1ccc(I)cc1C(=O)C1CCC(C(C)(C)C)CC1. The first-order valence-electron chi connectivity index (χ1n) is 7.70. The average molecular weight is 400 g/mol. The Labute approximate surface area is 141 Å². The standard InChI is InChI=1S/C18H25IO2/c1-18(2,3)13-7-5-12(6-8-13)17(20)15-11-14(19)9-10-16(15)21-4/h9-13H,5-8H2,1-4H3. The fourth-order valence-electron chi connectivity index (χ4n) is 3.31. The van der Waals surface area contributed by atoms with Gasteiger partial charge in [-0.25, -0.2) is 0 Å².